The summed E-state index contributed by atoms with van der Waals surface area (Å²) in [6, 6.07) is 1.85. The summed E-state index contributed by atoms with van der Waals surface area (Å²) in [6.45, 7) is 5.95. The third-order valence-corrected chi connectivity index (χ3v) is 4.69. The van der Waals surface area contributed by atoms with Gasteiger partial charge in [0.05, 0.1) is 0 Å². The van der Waals surface area contributed by atoms with E-state index >= 15 is 0 Å². The topological polar surface area (TPSA) is 59.9 Å². The summed E-state index contributed by atoms with van der Waals surface area (Å²) in [7, 11) is 6.15. The van der Waals surface area contributed by atoms with E-state index in [9.17, 15) is 0 Å². The number of nitrogens with zero attached hydrogens (tertiary/aromatic N) is 6. The maximum absolute atomic E-state index is 4.45. The molecular weight excluding hydrogens is 453 g/mol. The van der Waals surface area contributed by atoms with Gasteiger partial charge in [-0.1, -0.05) is 19.3 Å². The monoisotopic (exact) mass is 489 g/mol. The van der Waals surface area contributed by atoms with E-state index in [1.54, 1.807) is 12.4 Å². The Morgan fingerprint density at radius 1 is 1.04 bits per heavy atom. The van der Waals surface area contributed by atoms with E-state index in [-0.39, 0.29) is 24.0 Å². The van der Waals surface area contributed by atoms with Gasteiger partial charge < -0.3 is 20.0 Å². The quantitative estimate of drug-likeness (QED) is 0.249. The van der Waals surface area contributed by atoms with Gasteiger partial charge in [-0.3, -0.25) is 4.99 Å². The van der Waals surface area contributed by atoms with Crippen LogP contribution in [-0.4, -0.2) is 86.1 Å². The highest BCUT2D eigenvalue weighted by Gasteiger charge is 2.20. The first kappa shape index (κ1) is 23.9. The molecule has 1 fully saturated rings. The molecule has 154 valence electrons. The van der Waals surface area contributed by atoms with Gasteiger partial charge in [0.2, 0.25) is 5.95 Å². The second kappa shape index (κ2) is 13.9. The van der Waals surface area contributed by atoms with Crippen LogP contribution in [0.5, 0.6) is 0 Å². The molecule has 1 aliphatic heterocycles. The number of halogens is 1. The van der Waals surface area contributed by atoms with Crippen molar-refractivity contribution in [1.29, 1.82) is 0 Å². The molecule has 1 saturated heterocycles. The summed E-state index contributed by atoms with van der Waals surface area (Å²) < 4.78 is 0. The van der Waals surface area contributed by atoms with Gasteiger partial charge in [0.1, 0.15) is 0 Å². The van der Waals surface area contributed by atoms with Gasteiger partial charge in [-0.2, -0.15) is 0 Å². The zero-order chi connectivity index (χ0) is 18.6. The minimum absolute atomic E-state index is 0. The molecule has 27 heavy (non-hydrogen) atoms. The third kappa shape index (κ3) is 9.05. The molecule has 7 nitrogen and oxygen atoms in total. The fraction of sp³-hybridized carbons (Fsp3) is 0.737. The first-order valence-electron chi connectivity index (χ1n) is 9.83. The van der Waals surface area contributed by atoms with Crippen LogP contribution >= 0.6 is 24.0 Å². The third-order valence-electron chi connectivity index (χ3n) is 4.69. The number of piperazine rings is 1. The molecule has 0 amide bonds. The van der Waals surface area contributed by atoms with Crippen molar-refractivity contribution < 1.29 is 0 Å². The first-order valence-corrected chi connectivity index (χ1v) is 9.83. The molecule has 1 aromatic heterocycles. The van der Waals surface area contributed by atoms with Crippen molar-refractivity contribution in [3.05, 3.63) is 18.5 Å². The van der Waals surface area contributed by atoms with Crippen molar-refractivity contribution in [2.75, 3.05) is 65.3 Å². The number of unbranched alkanes of at least 4 members (excludes halogenated alkanes) is 4. The molecule has 2 heterocycles. The van der Waals surface area contributed by atoms with Crippen LogP contribution in [0.25, 0.3) is 0 Å². The van der Waals surface area contributed by atoms with Gasteiger partial charge >= 0.3 is 0 Å². The Kier molecular flexibility index (Phi) is 12.3. The Morgan fingerprint density at radius 3 is 2.30 bits per heavy atom. The highest BCUT2D eigenvalue weighted by Crippen LogP contribution is 2.10. The molecule has 2 rings (SSSR count). The van der Waals surface area contributed by atoms with Crippen LogP contribution in [0, 0.1) is 0 Å². The Morgan fingerprint density at radius 2 is 1.67 bits per heavy atom. The van der Waals surface area contributed by atoms with Gasteiger partial charge in [0.25, 0.3) is 0 Å². The molecule has 0 aromatic carbocycles. The highest BCUT2D eigenvalue weighted by molar-refractivity contribution is 14.0. The Bertz CT molecular complexity index is 516. The van der Waals surface area contributed by atoms with Gasteiger partial charge in [0.15, 0.2) is 5.96 Å². The molecule has 8 heteroatoms. The number of aliphatic imine (C=N–C) groups is 1. The SMILES string of the molecule is CN=C(NCCCCCCCN(C)C)N1CCN(c2ncccn2)CC1.I. The lowest BCUT2D eigenvalue weighted by Gasteiger charge is -2.36. The maximum atomic E-state index is 4.45. The van der Waals surface area contributed by atoms with Crippen LogP contribution in [0.1, 0.15) is 32.1 Å². The molecule has 0 unspecified atom stereocenters. The van der Waals surface area contributed by atoms with Crippen LogP contribution in [0.15, 0.2) is 23.5 Å². The second-order valence-electron chi connectivity index (χ2n) is 7.07. The molecule has 1 aromatic rings. The number of hydrogen-bond donors (Lipinski definition) is 1. The molecule has 0 saturated carbocycles. The van der Waals surface area contributed by atoms with E-state index in [1.807, 2.05) is 13.1 Å². The molecule has 0 radical (unpaired) electrons. The minimum atomic E-state index is 0. The van der Waals surface area contributed by atoms with Gasteiger partial charge in [-0.15, -0.1) is 24.0 Å². The van der Waals surface area contributed by atoms with Gasteiger partial charge in [-0.05, 0) is 39.5 Å². The van der Waals surface area contributed by atoms with Crippen molar-refractivity contribution in [1.82, 2.24) is 25.1 Å². The molecule has 1 N–H and O–H groups in total. The van der Waals surface area contributed by atoms with Crippen LogP contribution in [0.2, 0.25) is 0 Å². The van der Waals surface area contributed by atoms with Crippen molar-refractivity contribution >= 4 is 35.9 Å². The van der Waals surface area contributed by atoms with Gasteiger partial charge in [-0.25, -0.2) is 9.97 Å². The van der Waals surface area contributed by atoms with E-state index in [0.717, 1.165) is 44.6 Å². The molecular formula is C19H36IN7. The van der Waals surface area contributed by atoms with Crippen LogP contribution in [-0.2, 0) is 0 Å². The van der Waals surface area contributed by atoms with E-state index in [0.29, 0.717) is 0 Å². The first-order chi connectivity index (χ1) is 12.7. The number of hydrogen-bond acceptors (Lipinski definition) is 5. The standard InChI is InChI=1S/C19H35N7.HI/c1-20-18(21-10-7-5-4-6-8-13-24(2)3)25-14-16-26(17-15-25)19-22-11-9-12-23-19;/h9,11-12H,4-8,10,13-17H2,1-3H3,(H,20,21);1H. The van der Waals surface area contributed by atoms with Crippen LogP contribution < -0.4 is 10.2 Å². The molecule has 1 aliphatic rings. The van der Waals surface area contributed by atoms with Crippen LogP contribution in [0.3, 0.4) is 0 Å². The summed E-state index contributed by atoms with van der Waals surface area (Å²) >= 11 is 0. The Balaban J connectivity index is 0.00000364. The largest absolute Gasteiger partial charge is 0.356 e. The normalized spacial score (nSPS) is 15.0. The van der Waals surface area contributed by atoms with E-state index < -0.39 is 0 Å². The lowest BCUT2D eigenvalue weighted by Crippen LogP contribution is -2.53. The zero-order valence-electron chi connectivity index (χ0n) is 17.1. The number of nitrogens with one attached hydrogen (secondary N) is 1. The molecule has 0 spiro atoms. The van der Waals surface area contributed by atoms with Gasteiger partial charge in [0, 0.05) is 52.2 Å². The number of anilines is 1. The predicted molar refractivity (Wildman–Crippen MR) is 124 cm³/mol. The lowest BCUT2D eigenvalue weighted by molar-refractivity contribution is 0.369. The smallest absolute Gasteiger partial charge is 0.225 e. The minimum Gasteiger partial charge on any atom is -0.356 e. The summed E-state index contributed by atoms with van der Waals surface area (Å²) in [6.07, 6.45) is 10.1. The Labute approximate surface area is 181 Å². The summed E-state index contributed by atoms with van der Waals surface area (Å²) in [4.78, 5) is 20.0. The second-order valence-corrected chi connectivity index (χ2v) is 7.07. The summed E-state index contributed by atoms with van der Waals surface area (Å²) in [5.41, 5.74) is 0. The summed E-state index contributed by atoms with van der Waals surface area (Å²) in [5, 5.41) is 3.52. The molecule has 0 bridgehead atoms. The number of aromatic nitrogens is 2. The highest BCUT2D eigenvalue weighted by atomic mass is 127. The number of rotatable bonds is 9. The van der Waals surface area contributed by atoms with Crippen molar-refractivity contribution in [2.45, 2.75) is 32.1 Å². The summed E-state index contributed by atoms with van der Waals surface area (Å²) in [5.74, 6) is 1.84. The zero-order valence-corrected chi connectivity index (χ0v) is 19.4. The van der Waals surface area contributed by atoms with E-state index in [1.165, 1.54) is 38.6 Å². The van der Waals surface area contributed by atoms with Crippen molar-refractivity contribution in [2.24, 2.45) is 4.99 Å². The molecule has 0 atom stereocenters. The number of guanidine groups is 1. The van der Waals surface area contributed by atoms with Crippen LogP contribution in [0.4, 0.5) is 5.95 Å². The van der Waals surface area contributed by atoms with E-state index in [2.05, 4.69) is 49.1 Å². The predicted octanol–water partition coefficient (Wildman–Crippen LogP) is 2.30. The average Bonchev–Trinajstić information content (AvgIpc) is 2.67. The maximum Gasteiger partial charge on any atom is 0.225 e. The average molecular weight is 489 g/mol. The van der Waals surface area contributed by atoms with E-state index in [4.69, 9.17) is 0 Å². The fourth-order valence-corrected chi connectivity index (χ4v) is 3.19. The fourth-order valence-electron chi connectivity index (χ4n) is 3.19. The van der Waals surface area contributed by atoms with Crippen molar-refractivity contribution in [3.63, 3.8) is 0 Å². The lowest BCUT2D eigenvalue weighted by atomic mass is 10.1. The Hall–Kier alpha value is -1.16. The van der Waals surface area contributed by atoms with Crippen molar-refractivity contribution in [3.8, 4) is 0 Å². The molecule has 0 aliphatic carbocycles.